The van der Waals surface area contributed by atoms with Crippen LogP contribution in [0.5, 0.6) is 0 Å². The third-order valence-corrected chi connectivity index (χ3v) is 3.43. The lowest BCUT2D eigenvalue weighted by Crippen LogP contribution is -2.36. The smallest absolute Gasteiger partial charge is 0.249 e. The van der Waals surface area contributed by atoms with Crippen LogP contribution < -0.4 is 10.6 Å². The van der Waals surface area contributed by atoms with E-state index < -0.39 is 6.04 Å². The highest BCUT2D eigenvalue weighted by Gasteiger charge is 2.32. The average molecular weight is 306 g/mol. The van der Waals surface area contributed by atoms with E-state index in [1.165, 1.54) is 4.68 Å². The minimum absolute atomic E-state index is 0.00604. The van der Waals surface area contributed by atoms with E-state index in [1.54, 1.807) is 31.2 Å². The van der Waals surface area contributed by atoms with Gasteiger partial charge in [-0.1, -0.05) is 23.7 Å². The molecular formula is C13H12ClN5O2. The van der Waals surface area contributed by atoms with Crippen LogP contribution in [-0.4, -0.2) is 26.6 Å². The minimum Gasteiger partial charge on any atom is -0.323 e. The molecule has 0 radical (unpaired) electrons. The second kappa shape index (κ2) is 5.17. The van der Waals surface area contributed by atoms with Crippen LogP contribution >= 0.6 is 11.6 Å². The van der Waals surface area contributed by atoms with Crippen LogP contribution in [-0.2, 0) is 9.59 Å². The van der Waals surface area contributed by atoms with Crippen molar-refractivity contribution in [1.82, 2.24) is 14.8 Å². The molecule has 21 heavy (non-hydrogen) atoms. The molecule has 0 fully saturated rings. The Morgan fingerprint density at radius 3 is 3.00 bits per heavy atom. The van der Waals surface area contributed by atoms with E-state index in [4.69, 9.17) is 11.6 Å². The Bertz CT molecular complexity index is 727. The van der Waals surface area contributed by atoms with Gasteiger partial charge in [0, 0.05) is 0 Å². The zero-order valence-corrected chi connectivity index (χ0v) is 11.9. The van der Waals surface area contributed by atoms with Gasteiger partial charge in [-0.05, 0) is 19.1 Å². The Morgan fingerprint density at radius 1 is 1.48 bits per heavy atom. The summed E-state index contributed by atoms with van der Waals surface area (Å²) >= 11 is 6.01. The second-order valence-corrected chi connectivity index (χ2v) is 5.07. The molecule has 2 aromatic rings. The fraction of sp³-hybridized carbons (Fsp3) is 0.231. The topological polar surface area (TPSA) is 88.9 Å². The number of nitrogens with one attached hydrogen (secondary N) is 2. The number of carbonyl (C=O) groups excluding carboxylic acids is 2. The minimum atomic E-state index is -0.744. The summed E-state index contributed by atoms with van der Waals surface area (Å²) in [7, 11) is 0. The van der Waals surface area contributed by atoms with E-state index in [-0.39, 0.29) is 24.2 Å². The van der Waals surface area contributed by atoms with Gasteiger partial charge in [0.25, 0.3) is 0 Å². The summed E-state index contributed by atoms with van der Waals surface area (Å²) in [6, 6.07) is 6.16. The van der Waals surface area contributed by atoms with Gasteiger partial charge in [-0.15, -0.1) is 0 Å². The molecule has 2 heterocycles. The van der Waals surface area contributed by atoms with Crippen LogP contribution in [0.4, 0.5) is 11.6 Å². The first kappa shape index (κ1) is 13.6. The van der Waals surface area contributed by atoms with Crippen LogP contribution in [0.1, 0.15) is 18.3 Å². The molecule has 0 aliphatic carbocycles. The summed E-state index contributed by atoms with van der Waals surface area (Å²) in [5.74, 6) is 0.143. The summed E-state index contributed by atoms with van der Waals surface area (Å²) in [6.45, 7) is 1.69. The standard InChI is InChI=1S/C13H12ClN5O2/c1-7-15-13-17-11(20)6-10(19(13)18-7)12(21)16-9-5-3-2-4-8(9)14/h2-5,10H,6H2,1H3,(H,16,21)(H,15,17,18,20)/t10-/m0/s1. The first-order valence-electron chi connectivity index (χ1n) is 6.33. The van der Waals surface area contributed by atoms with Gasteiger partial charge in [0.15, 0.2) is 0 Å². The number of aryl methyl sites for hydroxylation is 1. The fourth-order valence-corrected chi connectivity index (χ4v) is 2.34. The molecule has 0 saturated carbocycles. The highest BCUT2D eigenvalue weighted by atomic mass is 35.5. The van der Waals surface area contributed by atoms with Gasteiger partial charge < -0.3 is 5.32 Å². The van der Waals surface area contributed by atoms with Crippen LogP contribution in [0.15, 0.2) is 24.3 Å². The normalized spacial score (nSPS) is 17.0. The van der Waals surface area contributed by atoms with Crippen molar-refractivity contribution in [2.24, 2.45) is 0 Å². The number of para-hydroxylation sites is 1. The SMILES string of the molecule is Cc1nc2n(n1)[C@H](C(=O)Nc1ccccc1Cl)CC(=O)N2. The highest BCUT2D eigenvalue weighted by Crippen LogP contribution is 2.26. The summed E-state index contributed by atoms with van der Waals surface area (Å²) in [6.07, 6.45) is 0.00604. The van der Waals surface area contributed by atoms with E-state index in [0.717, 1.165) is 0 Å². The third kappa shape index (κ3) is 2.59. The number of carbonyl (C=O) groups is 2. The van der Waals surface area contributed by atoms with Crippen molar-refractivity contribution in [3.8, 4) is 0 Å². The van der Waals surface area contributed by atoms with Gasteiger partial charge in [0.2, 0.25) is 17.8 Å². The van der Waals surface area contributed by atoms with Crippen LogP contribution in [0.2, 0.25) is 5.02 Å². The Morgan fingerprint density at radius 2 is 2.24 bits per heavy atom. The number of hydrogen-bond donors (Lipinski definition) is 2. The van der Waals surface area contributed by atoms with Gasteiger partial charge in [-0.25, -0.2) is 4.68 Å². The molecule has 108 valence electrons. The predicted molar refractivity (Wildman–Crippen MR) is 77.1 cm³/mol. The number of nitrogens with zero attached hydrogens (tertiary/aromatic N) is 3. The lowest BCUT2D eigenvalue weighted by molar-refractivity contribution is -0.125. The molecule has 0 saturated heterocycles. The quantitative estimate of drug-likeness (QED) is 0.885. The Labute approximate surface area is 125 Å². The Kier molecular flexibility index (Phi) is 3.34. The molecule has 0 unspecified atom stereocenters. The molecule has 0 bridgehead atoms. The third-order valence-electron chi connectivity index (χ3n) is 3.10. The zero-order chi connectivity index (χ0) is 15.0. The molecule has 7 nitrogen and oxygen atoms in total. The number of hydrogen-bond acceptors (Lipinski definition) is 4. The maximum atomic E-state index is 12.4. The van der Waals surface area contributed by atoms with Crippen molar-refractivity contribution >= 4 is 35.1 Å². The van der Waals surface area contributed by atoms with E-state index >= 15 is 0 Å². The molecule has 2 amide bonds. The molecule has 1 aromatic carbocycles. The van der Waals surface area contributed by atoms with E-state index in [1.807, 2.05) is 0 Å². The number of rotatable bonds is 2. The van der Waals surface area contributed by atoms with E-state index in [2.05, 4.69) is 20.7 Å². The summed E-state index contributed by atoms with van der Waals surface area (Å²) in [5, 5.41) is 9.88. The number of anilines is 2. The van der Waals surface area contributed by atoms with Gasteiger partial charge >= 0.3 is 0 Å². The fourth-order valence-electron chi connectivity index (χ4n) is 2.15. The average Bonchev–Trinajstić information content (AvgIpc) is 2.80. The predicted octanol–water partition coefficient (Wildman–Crippen LogP) is 1.76. The molecule has 1 aliphatic rings. The monoisotopic (exact) mass is 305 g/mol. The molecule has 1 aromatic heterocycles. The van der Waals surface area contributed by atoms with Crippen LogP contribution in [0.3, 0.4) is 0 Å². The largest absolute Gasteiger partial charge is 0.323 e. The number of fused-ring (bicyclic) bond motifs is 1. The molecule has 1 atom stereocenters. The first-order valence-corrected chi connectivity index (χ1v) is 6.71. The van der Waals surface area contributed by atoms with Crippen molar-refractivity contribution in [1.29, 1.82) is 0 Å². The first-order chi connectivity index (χ1) is 10.0. The summed E-state index contributed by atoms with van der Waals surface area (Å²) < 4.78 is 1.42. The lowest BCUT2D eigenvalue weighted by atomic mass is 10.1. The van der Waals surface area contributed by atoms with Crippen molar-refractivity contribution in [3.63, 3.8) is 0 Å². The molecule has 3 rings (SSSR count). The molecule has 8 heteroatoms. The zero-order valence-electron chi connectivity index (χ0n) is 11.1. The number of aromatic nitrogens is 3. The van der Waals surface area contributed by atoms with Crippen molar-refractivity contribution < 1.29 is 9.59 Å². The number of halogens is 1. The number of amides is 2. The number of benzene rings is 1. The van der Waals surface area contributed by atoms with Crippen molar-refractivity contribution in [2.45, 2.75) is 19.4 Å². The van der Waals surface area contributed by atoms with E-state index in [9.17, 15) is 9.59 Å². The lowest BCUT2D eigenvalue weighted by Gasteiger charge is -2.22. The van der Waals surface area contributed by atoms with Crippen molar-refractivity contribution in [3.05, 3.63) is 35.1 Å². The second-order valence-electron chi connectivity index (χ2n) is 4.66. The molecule has 0 spiro atoms. The maximum absolute atomic E-state index is 12.4. The Balaban J connectivity index is 1.88. The van der Waals surface area contributed by atoms with Crippen molar-refractivity contribution in [2.75, 3.05) is 10.6 Å². The van der Waals surface area contributed by atoms with Gasteiger partial charge in [0.1, 0.15) is 11.9 Å². The van der Waals surface area contributed by atoms with Gasteiger partial charge in [-0.2, -0.15) is 10.1 Å². The van der Waals surface area contributed by atoms with Crippen LogP contribution in [0, 0.1) is 6.92 Å². The molecule has 1 aliphatic heterocycles. The highest BCUT2D eigenvalue weighted by molar-refractivity contribution is 6.33. The Hall–Kier alpha value is -2.41. The van der Waals surface area contributed by atoms with Gasteiger partial charge in [0.05, 0.1) is 17.1 Å². The van der Waals surface area contributed by atoms with Gasteiger partial charge in [-0.3, -0.25) is 14.9 Å². The maximum Gasteiger partial charge on any atom is 0.249 e. The summed E-state index contributed by atoms with van der Waals surface area (Å²) in [4.78, 5) is 28.1. The van der Waals surface area contributed by atoms with Crippen LogP contribution in [0.25, 0.3) is 0 Å². The molecule has 2 N–H and O–H groups in total. The summed E-state index contributed by atoms with van der Waals surface area (Å²) in [5.41, 5.74) is 0.494. The van der Waals surface area contributed by atoms with E-state index in [0.29, 0.717) is 16.5 Å². The molecular weight excluding hydrogens is 294 g/mol.